The van der Waals surface area contributed by atoms with Gasteiger partial charge in [-0.05, 0) is 46.5 Å². The van der Waals surface area contributed by atoms with Crippen molar-refractivity contribution < 1.29 is 14.3 Å². The van der Waals surface area contributed by atoms with Crippen LogP contribution < -0.4 is 5.73 Å². The molecule has 0 radical (unpaired) electrons. The second kappa shape index (κ2) is 4.99. The second-order valence-corrected chi connectivity index (χ2v) is 5.80. The lowest BCUT2D eigenvalue weighted by Gasteiger charge is -2.60. The molecule has 18 heavy (non-hydrogen) atoms. The molecular weight excluding hydrogens is 254 g/mol. The fourth-order valence-corrected chi connectivity index (χ4v) is 3.44. The molecule has 0 unspecified atom stereocenters. The van der Waals surface area contributed by atoms with Gasteiger partial charge in [0, 0.05) is 6.54 Å². The van der Waals surface area contributed by atoms with Crippen molar-refractivity contribution >= 4 is 18.4 Å². The average molecular weight is 278 g/mol. The van der Waals surface area contributed by atoms with Crippen molar-refractivity contribution in [3.8, 4) is 0 Å². The maximum absolute atomic E-state index is 12.3. The monoisotopic (exact) mass is 277 g/mol. The molecule has 0 amide bonds. The summed E-state index contributed by atoms with van der Waals surface area (Å²) in [6.07, 6.45) is 3.39. The summed E-state index contributed by atoms with van der Waals surface area (Å²) in [4.78, 5) is 12.3. The molecule has 1 saturated carbocycles. The molecule has 3 rings (SSSR count). The van der Waals surface area contributed by atoms with Crippen molar-refractivity contribution in [1.29, 1.82) is 0 Å². The summed E-state index contributed by atoms with van der Waals surface area (Å²) < 4.78 is 11.4. The fourth-order valence-electron chi connectivity index (χ4n) is 3.44. The summed E-state index contributed by atoms with van der Waals surface area (Å²) in [5, 5.41) is 0. The molecule has 2 bridgehead atoms. The van der Waals surface area contributed by atoms with Gasteiger partial charge in [-0.1, -0.05) is 0 Å². The van der Waals surface area contributed by atoms with Crippen molar-refractivity contribution in [2.45, 2.75) is 57.7 Å². The Balaban J connectivity index is 0.00000162. The minimum Gasteiger partial charge on any atom is -0.465 e. The highest BCUT2D eigenvalue weighted by Gasteiger charge is 2.63. The van der Waals surface area contributed by atoms with Gasteiger partial charge in [0.1, 0.15) is 0 Å². The van der Waals surface area contributed by atoms with Crippen LogP contribution in [0.4, 0.5) is 0 Å². The van der Waals surface area contributed by atoms with Crippen LogP contribution in [0.15, 0.2) is 0 Å². The van der Waals surface area contributed by atoms with Crippen molar-refractivity contribution in [1.82, 2.24) is 0 Å². The van der Waals surface area contributed by atoms with Crippen molar-refractivity contribution in [3.63, 3.8) is 0 Å². The number of hydrogen-bond donors (Lipinski definition) is 1. The largest absolute Gasteiger partial charge is 0.465 e. The van der Waals surface area contributed by atoms with Crippen LogP contribution in [0.25, 0.3) is 0 Å². The van der Waals surface area contributed by atoms with Crippen molar-refractivity contribution in [3.05, 3.63) is 0 Å². The molecule has 5 heteroatoms. The molecule has 3 fully saturated rings. The first-order chi connectivity index (χ1) is 7.91. The van der Waals surface area contributed by atoms with E-state index in [4.69, 9.17) is 15.2 Å². The summed E-state index contributed by atoms with van der Waals surface area (Å²) in [6, 6.07) is 0. The quantitative estimate of drug-likeness (QED) is 0.802. The topological polar surface area (TPSA) is 61.5 Å². The lowest BCUT2D eigenvalue weighted by Crippen LogP contribution is -2.66. The Hall–Kier alpha value is -0.320. The van der Waals surface area contributed by atoms with Crippen LogP contribution in [0.2, 0.25) is 0 Å². The molecular formula is C13H24ClNO3. The van der Waals surface area contributed by atoms with E-state index in [9.17, 15) is 4.79 Å². The Morgan fingerprint density at radius 2 is 1.83 bits per heavy atom. The zero-order valence-corrected chi connectivity index (χ0v) is 12.3. The number of nitrogens with two attached hydrogens (primary N) is 1. The first kappa shape index (κ1) is 15.7. The average Bonchev–Trinajstić information content (AvgIpc) is 2.29. The molecule has 0 aromatic carbocycles. The number of ether oxygens (including phenoxy) is 2. The van der Waals surface area contributed by atoms with E-state index in [1.165, 1.54) is 0 Å². The Morgan fingerprint density at radius 3 is 2.22 bits per heavy atom. The van der Waals surface area contributed by atoms with Gasteiger partial charge in [-0.3, -0.25) is 4.79 Å². The van der Waals surface area contributed by atoms with Crippen LogP contribution in [0.5, 0.6) is 0 Å². The molecule has 1 aliphatic carbocycles. The highest BCUT2D eigenvalue weighted by molar-refractivity contribution is 5.85. The summed E-state index contributed by atoms with van der Waals surface area (Å²) in [7, 11) is 0. The van der Waals surface area contributed by atoms with E-state index in [0.29, 0.717) is 13.2 Å². The van der Waals surface area contributed by atoms with Crippen LogP contribution in [-0.4, -0.2) is 30.3 Å². The van der Waals surface area contributed by atoms with E-state index in [2.05, 4.69) is 0 Å². The third-order valence-corrected chi connectivity index (χ3v) is 4.68. The number of esters is 1. The summed E-state index contributed by atoms with van der Waals surface area (Å²) in [5.74, 6) is -0.102. The molecule has 106 valence electrons. The van der Waals surface area contributed by atoms with E-state index in [-0.39, 0.29) is 24.0 Å². The van der Waals surface area contributed by atoms with Crippen LogP contribution in [0, 0.1) is 5.41 Å². The molecule has 0 atom stereocenters. The first-order valence-electron chi connectivity index (χ1n) is 6.49. The molecule has 0 spiro atoms. The van der Waals surface area contributed by atoms with Crippen LogP contribution in [-0.2, 0) is 14.3 Å². The maximum atomic E-state index is 12.3. The zero-order chi connectivity index (χ0) is 12.7. The fraction of sp³-hybridized carbons (Fsp3) is 0.923. The highest BCUT2D eigenvalue weighted by Crippen LogP contribution is 2.57. The van der Waals surface area contributed by atoms with Gasteiger partial charge in [0.2, 0.25) is 0 Å². The third-order valence-electron chi connectivity index (χ3n) is 4.68. The van der Waals surface area contributed by atoms with E-state index in [1.807, 2.05) is 20.8 Å². The molecule has 0 aromatic rings. The number of carbonyl (C=O) groups is 1. The van der Waals surface area contributed by atoms with E-state index < -0.39 is 11.0 Å². The van der Waals surface area contributed by atoms with Crippen LogP contribution >= 0.6 is 12.4 Å². The number of fused-ring (bicyclic) bond motifs is 3. The second-order valence-electron chi connectivity index (χ2n) is 5.80. The maximum Gasteiger partial charge on any atom is 0.314 e. The van der Waals surface area contributed by atoms with Gasteiger partial charge < -0.3 is 15.2 Å². The van der Waals surface area contributed by atoms with Gasteiger partial charge in [-0.15, -0.1) is 12.4 Å². The minimum absolute atomic E-state index is 0. The van der Waals surface area contributed by atoms with Gasteiger partial charge in [0.05, 0.1) is 23.2 Å². The number of halogens is 1. The predicted molar refractivity (Wildman–Crippen MR) is 71.7 cm³/mol. The third kappa shape index (κ3) is 2.04. The number of hydrogen-bond acceptors (Lipinski definition) is 4. The molecule has 2 heterocycles. The number of rotatable bonds is 3. The zero-order valence-electron chi connectivity index (χ0n) is 11.5. The minimum atomic E-state index is -0.477. The Bertz CT molecular complexity index is 322. The van der Waals surface area contributed by atoms with Crippen LogP contribution in [0.3, 0.4) is 0 Å². The normalized spacial score (nSPS) is 36.9. The lowest BCUT2D eigenvalue weighted by atomic mass is 9.57. The SMILES string of the molecule is CCOC(=O)C12CCC(CN)(CC1)OC2(C)C.Cl. The molecule has 2 N–H and O–H groups in total. The molecule has 2 aliphatic heterocycles. The predicted octanol–water partition coefficient (Wildman–Crippen LogP) is 2.04. The molecule has 2 saturated heterocycles. The molecule has 0 aromatic heterocycles. The van der Waals surface area contributed by atoms with Gasteiger partial charge in [0.25, 0.3) is 0 Å². The van der Waals surface area contributed by atoms with Crippen molar-refractivity contribution in [2.75, 3.05) is 13.2 Å². The smallest absolute Gasteiger partial charge is 0.314 e. The van der Waals surface area contributed by atoms with E-state index in [1.54, 1.807) is 0 Å². The van der Waals surface area contributed by atoms with Gasteiger partial charge in [-0.25, -0.2) is 0 Å². The summed E-state index contributed by atoms with van der Waals surface area (Å²) in [5.41, 5.74) is 4.67. The van der Waals surface area contributed by atoms with Crippen molar-refractivity contribution in [2.24, 2.45) is 11.1 Å². The Morgan fingerprint density at radius 1 is 1.28 bits per heavy atom. The lowest BCUT2D eigenvalue weighted by molar-refractivity contribution is -0.274. The van der Waals surface area contributed by atoms with Gasteiger partial charge in [0.15, 0.2) is 0 Å². The molecule has 4 nitrogen and oxygen atoms in total. The highest BCUT2D eigenvalue weighted by atomic mass is 35.5. The van der Waals surface area contributed by atoms with E-state index >= 15 is 0 Å². The van der Waals surface area contributed by atoms with Crippen LogP contribution in [0.1, 0.15) is 46.5 Å². The summed E-state index contributed by atoms with van der Waals surface area (Å²) in [6.45, 7) is 6.80. The van der Waals surface area contributed by atoms with Gasteiger partial charge >= 0.3 is 5.97 Å². The molecule has 3 aliphatic rings. The first-order valence-corrected chi connectivity index (χ1v) is 6.49. The number of carbonyl (C=O) groups excluding carboxylic acids is 1. The van der Waals surface area contributed by atoms with E-state index in [0.717, 1.165) is 25.7 Å². The Labute approximate surface area is 115 Å². The van der Waals surface area contributed by atoms with Gasteiger partial charge in [-0.2, -0.15) is 0 Å². The standard InChI is InChI=1S/C13H23NO3.ClH/c1-4-16-10(15)13-7-5-12(9-14,6-8-13)17-11(13,2)3;/h4-9,14H2,1-3H3;1H. The summed E-state index contributed by atoms with van der Waals surface area (Å²) >= 11 is 0. The Kier molecular flexibility index (Phi) is 4.36.